The largest absolute Gasteiger partial charge is 0.504 e. The van der Waals surface area contributed by atoms with Crippen LogP contribution in [0.25, 0.3) is 22.9 Å². The molecule has 0 saturated carbocycles. The molecule has 0 atom stereocenters. The molecule has 4 rings (SSSR count). The minimum absolute atomic E-state index is 0.208. The van der Waals surface area contributed by atoms with E-state index < -0.39 is 0 Å². The Bertz CT molecular complexity index is 1070. The second-order valence-electron chi connectivity index (χ2n) is 5.52. The molecular weight excluding hydrogens is 352 g/mol. The number of rotatable bonds is 3. The number of hydrogen-bond donors (Lipinski definition) is 2. The molecule has 1 aliphatic heterocycles. The maximum Gasteiger partial charge on any atom is 0.231 e. The standard InChI is InChI=1S/C19H12N2O4S/c20-8-13(5-11-1-3-15(22)16(23)6-11)19-21-14(9-26-19)12-2-4-17-18(7-12)25-10-24-17/h1-7,9,22-23H,10H2/b13-5+. The van der Waals surface area contributed by atoms with E-state index in [9.17, 15) is 15.5 Å². The van der Waals surface area contributed by atoms with Gasteiger partial charge in [-0.2, -0.15) is 5.26 Å². The average molecular weight is 364 g/mol. The van der Waals surface area contributed by atoms with E-state index in [0.717, 1.165) is 11.3 Å². The smallest absolute Gasteiger partial charge is 0.231 e. The highest BCUT2D eigenvalue weighted by atomic mass is 32.1. The number of ether oxygens (including phenoxy) is 2. The fraction of sp³-hybridized carbons (Fsp3) is 0.0526. The van der Waals surface area contributed by atoms with Crippen molar-refractivity contribution in [2.45, 2.75) is 0 Å². The summed E-state index contributed by atoms with van der Waals surface area (Å²) in [5.41, 5.74) is 2.57. The number of aromatic hydroxyl groups is 2. The van der Waals surface area contributed by atoms with Crippen molar-refractivity contribution in [2.75, 3.05) is 6.79 Å². The third kappa shape index (κ3) is 2.94. The van der Waals surface area contributed by atoms with E-state index in [0.29, 0.717) is 27.6 Å². The molecule has 6 nitrogen and oxygen atoms in total. The van der Waals surface area contributed by atoms with Crippen LogP contribution in [0, 0.1) is 11.3 Å². The van der Waals surface area contributed by atoms with Crippen molar-refractivity contribution in [2.24, 2.45) is 0 Å². The van der Waals surface area contributed by atoms with Crippen molar-refractivity contribution in [3.05, 3.63) is 52.3 Å². The molecular formula is C19H12N2O4S. The molecule has 2 heterocycles. The van der Waals surface area contributed by atoms with Crippen LogP contribution >= 0.6 is 11.3 Å². The summed E-state index contributed by atoms with van der Waals surface area (Å²) in [7, 11) is 0. The fourth-order valence-electron chi connectivity index (χ4n) is 2.52. The van der Waals surface area contributed by atoms with Gasteiger partial charge in [-0.3, -0.25) is 0 Å². The lowest BCUT2D eigenvalue weighted by Gasteiger charge is -2.00. The Kier molecular flexibility index (Phi) is 3.95. The SMILES string of the molecule is N#C/C(=C\c1ccc(O)c(O)c1)c1nc(-c2ccc3c(c2)OCO3)cs1. The number of thiazole rings is 1. The Morgan fingerprint density at radius 2 is 1.96 bits per heavy atom. The molecule has 26 heavy (non-hydrogen) atoms. The molecule has 0 radical (unpaired) electrons. The topological polar surface area (TPSA) is 95.6 Å². The van der Waals surface area contributed by atoms with Gasteiger partial charge in [0.15, 0.2) is 23.0 Å². The van der Waals surface area contributed by atoms with Crippen molar-refractivity contribution in [3.8, 4) is 40.3 Å². The zero-order valence-corrected chi connectivity index (χ0v) is 14.2. The van der Waals surface area contributed by atoms with Gasteiger partial charge in [-0.1, -0.05) is 6.07 Å². The van der Waals surface area contributed by atoms with Gasteiger partial charge >= 0.3 is 0 Å². The summed E-state index contributed by atoms with van der Waals surface area (Å²) in [5.74, 6) is 0.929. The zero-order valence-electron chi connectivity index (χ0n) is 13.3. The molecule has 0 spiro atoms. The summed E-state index contributed by atoms with van der Waals surface area (Å²) in [5, 5.41) is 30.9. The number of nitriles is 1. The Labute approximate surface area is 152 Å². The van der Waals surface area contributed by atoms with E-state index in [1.807, 2.05) is 23.6 Å². The number of allylic oxidation sites excluding steroid dienone is 1. The molecule has 1 aromatic heterocycles. The van der Waals surface area contributed by atoms with Crippen LogP contribution in [0.5, 0.6) is 23.0 Å². The first kappa shape index (κ1) is 16.0. The fourth-order valence-corrected chi connectivity index (χ4v) is 3.32. The summed E-state index contributed by atoms with van der Waals surface area (Å²) < 4.78 is 10.7. The van der Waals surface area contributed by atoms with E-state index in [1.54, 1.807) is 12.1 Å². The summed E-state index contributed by atoms with van der Waals surface area (Å²) in [6.45, 7) is 0.210. The van der Waals surface area contributed by atoms with Crippen LogP contribution < -0.4 is 9.47 Å². The van der Waals surface area contributed by atoms with Crippen LogP contribution in [-0.4, -0.2) is 22.0 Å². The number of aromatic nitrogens is 1. The van der Waals surface area contributed by atoms with Crippen molar-refractivity contribution < 1.29 is 19.7 Å². The third-order valence-electron chi connectivity index (χ3n) is 3.83. The van der Waals surface area contributed by atoms with Crippen LogP contribution in [-0.2, 0) is 0 Å². The molecule has 2 aromatic carbocycles. The minimum Gasteiger partial charge on any atom is -0.504 e. The summed E-state index contributed by atoms with van der Waals surface area (Å²) >= 11 is 1.35. The van der Waals surface area contributed by atoms with Gasteiger partial charge in [0.05, 0.1) is 11.3 Å². The van der Waals surface area contributed by atoms with Crippen molar-refractivity contribution in [3.63, 3.8) is 0 Å². The summed E-state index contributed by atoms with van der Waals surface area (Å²) in [6.07, 6.45) is 1.61. The molecule has 0 bridgehead atoms. The number of fused-ring (bicyclic) bond motifs is 1. The highest BCUT2D eigenvalue weighted by molar-refractivity contribution is 7.11. The van der Waals surface area contributed by atoms with Crippen LogP contribution in [0.2, 0.25) is 0 Å². The minimum atomic E-state index is -0.240. The van der Waals surface area contributed by atoms with E-state index in [-0.39, 0.29) is 18.3 Å². The molecule has 3 aromatic rings. The van der Waals surface area contributed by atoms with Crippen LogP contribution in [0.15, 0.2) is 41.8 Å². The maximum atomic E-state index is 9.59. The molecule has 2 N–H and O–H groups in total. The monoisotopic (exact) mass is 364 g/mol. The molecule has 0 unspecified atom stereocenters. The van der Waals surface area contributed by atoms with Gasteiger partial charge in [0.2, 0.25) is 6.79 Å². The normalized spacial score (nSPS) is 12.8. The first-order valence-corrected chi connectivity index (χ1v) is 8.52. The molecule has 0 amide bonds. The van der Waals surface area contributed by atoms with Gasteiger partial charge in [0.25, 0.3) is 0 Å². The third-order valence-corrected chi connectivity index (χ3v) is 4.71. The molecule has 0 fully saturated rings. The predicted octanol–water partition coefficient (Wildman–Crippen LogP) is 4.01. The summed E-state index contributed by atoms with van der Waals surface area (Å²) in [6, 6.07) is 12.1. The Morgan fingerprint density at radius 1 is 1.12 bits per heavy atom. The van der Waals surface area contributed by atoms with E-state index in [4.69, 9.17) is 9.47 Å². The molecule has 1 aliphatic rings. The van der Waals surface area contributed by atoms with Gasteiger partial charge < -0.3 is 19.7 Å². The quantitative estimate of drug-likeness (QED) is 0.538. The first-order chi connectivity index (χ1) is 12.6. The highest BCUT2D eigenvalue weighted by Crippen LogP contribution is 2.37. The molecule has 7 heteroatoms. The molecule has 0 aliphatic carbocycles. The van der Waals surface area contributed by atoms with E-state index in [2.05, 4.69) is 11.1 Å². The van der Waals surface area contributed by atoms with Gasteiger partial charge in [0.1, 0.15) is 11.1 Å². The second-order valence-corrected chi connectivity index (χ2v) is 6.38. The first-order valence-electron chi connectivity index (χ1n) is 7.64. The Morgan fingerprint density at radius 3 is 2.77 bits per heavy atom. The van der Waals surface area contributed by atoms with Crippen LogP contribution in [0.1, 0.15) is 10.6 Å². The summed E-state index contributed by atoms with van der Waals surface area (Å²) in [4.78, 5) is 4.53. The average Bonchev–Trinajstić information content (AvgIpc) is 3.31. The van der Waals surface area contributed by atoms with Gasteiger partial charge in [-0.25, -0.2) is 4.98 Å². The lowest BCUT2D eigenvalue weighted by Crippen LogP contribution is -1.92. The number of phenols is 2. The Hall–Kier alpha value is -3.50. The molecule has 0 saturated heterocycles. The second kappa shape index (κ2) is 6.43. The van der Waals surface area contributed by atoms with Crippen LogP contribution in [0.4, 0.5) is 0 Å². The van der Waals surface area contributed by atoms with Gasteiger partial charge in [-0.15, -0.1) is 11.3 Å². The highest BCUT2D eigenvalue weighted by Gasteiger charge is 2.16. The van der Waals surface area contributed by atoms with Crippen LogP contribution in [0.3, 0.4) is 0 Å². The maximum absolute atomic E-state index is 9.59. The number of phenolic OH excluding ortho intramolecular Hbond substituents is 2. The van der Waals surface area contributed by atoms with Crippen molar-refractivity contribution in [1.29, 1.82) is 5.26 Å². The van der Waals surface area contributed by atoms with Gasteiger partial charge in [0, 0.05) is 10.9 Å². The van der Waals surface area contributed by atoms with Crippen molar-refractivity contribution in [1.82, 2.24) is 4.98 Å². The van der Waals surface area contributed by atoms with Crippen molar-refractivity contribution >= 4 is 23.0 Å². The lowest BCUT2D eigenvalue weighted by atomic mass is 10.1. The predicted molar refractivity (Wildman–Crippen MR) is 96.9 cm³/mol. The molecule has 128 valence electrons. The zero-order chi connectivity index (χ0) is 18.1. The Balaban J connectivity index is 1.66. The lowest BCUT2D eigenvalue weighted by molar-refractivity contribution is 0.174. The van der Waals surface area contributed by atoms with E-state index >= 15 is 0 Å². The van der Waals surface area contributed by atoms with Gasteiger partial charge in [-0.05, 0) is 42.0 Å². The van der Waals surface area contributed by atoms with E-state index in [1.165, 1.54) is 23.5 Å². The number of benzene rings is 2. The number of nitrogens with zero attached hydrogens (tertiary/aromatic N) is 2. The number of hydrogen-bond acceptors (Lipinski definition) is 7.